The number of amides is 1. The van der Waals surface area contributed by atoms with E-state index in [0.717, 1.165) is 11.1 Å². The van der Waals surface area contributed by atoms with Crippen molar-refractivity contribution in [3.63, 3.8) is 0 Å². The second-order valence-electron chi connectivity index (χ2n) is 5.67. The summed E-state index contributed by atoms with van der Waals surface area (Å²) in [5.41, 5.74) is 2.59. The molecule has 6 heteroatoms. The molecule has 0 unspecified atom stereocenters. The highest BCUT2D eigenvalue weighted by atomic mass is 16.5. The number of nitrogens with one attached hydrogen (secondary N) is 1. The first-order chi connectivity index (χ1) is 12.6. The van der Waals surface area contributed by atoms with Crippen molar-refractivity contribution < 1.29 is 19.7 Å². The summed E-state index contributed by atoms with van der Waals surface area (Å²) in [5.74, 6) is 0.292. The number of phenols is 2. The van der Waals surface area contributed by atoms with Gasteiger partial charge in [-0.15, -0.1) is 0 Å². The van der Waals surface area contributed by atoms with Gasteiger partial charge in [-0.2, -0.15) is 0 Å². The maximum atomic E-state index is 12.4. The van der Waals surface area contributed by atoms with Crippen molar-refractivity contribution in [2.24, 2.45) is 0 Å². The normalized spacial score (nSPS) is 10.3. The second-order valence-corrected chi connectivity index (χ2v) is 5.67. The average molecular weight is 350 g/mol. The number of carbonyl (C=O) groups excluding carboxylic acids is 1. The molecule has 2 aromatic carbocycles. The molecule has 1 aromatic heterocycles. The van der Waals surface area contributed by atoms with Crippen LogP contribution in [-0.4, -0.2) is 28.2 Å². The first kappa shape index (κ1) is 17.3. The van der Waals surface area contributed by atoms with Gasteiger partial charge in [0.1, 0.15) is 5.75 Å². The monoisotopic (exact) mass is 350 g/mol. The average Bonchev–Trinajstić information content (AvgIpc) is 2.67. The molecule has 6 nitrogen and oxygen atoms in total. The van der Waals surface area contributed by atoms with Gasteiger partial charge >= 0.3 is 0 Å². The van der Waals surface area contributed by atoms with Gasteiger partial charge < -0.3 is 20.3 Å². The lowest BCUT2D eigenvalue weighted by Gasteiger charge is -2.09. The Hall–Kier alpha value is -3.54. The van der Waals surface area contributed by atoms with E-state index < -0.39 is 0 Å². The molecule has 0 spiro atoms. The van der Waals surface area contributed by atoms with Crippen molar-refractivity contribution in [2.45, 2.75) is 6.54 Å². The summed E-state index contributed by atoms with van der Waals surface area (Å²) in [5, 5.41) is 22.0. The molecule has 0 saturated carbocycles. The van der Waals surface area contributed by atoms with Crippen LogP contribution in [0, 0.1) is 0 Å². The van der Waals surface area contributed by atoms with Crippen LogP contribution in [0.1, 0.15) is 15.9 Å². The fraction of sp³-hybridized carbons (Fsp3) is 0.100. The van der Waals surface area contributed by atoms with E-state index in [1.807, 2.05) is 6.07 Å². The lowest BCUT2D eigenvalue weighted by molar-refractivity contribution is 0.0951. The van der Waals surface area contributed by atoms with Crippen LogP contribution >= 0.6 is 0 Å². The number of aromatic nitrogens is 1. The Labute approximate surface area is 150 Å². The van der Waals surface area contributed by atoms with Gasteiger partial charge in [0.25, 0.3) is 5.91 Å². The maximum absolute atomic E-state index is 12.4. The summed E-state index contributed by atoms with van der Waals surface area (Å²) in [7, 11) is 1.47. The Bertz CT molecular complexity index is 941. The molecule has 132 valence electrons. The van der Waals surface area contributed by atoms with Gasteiger partial charge in [-0.25, -0.2) is 0 Å². The lowest BCUT2D eigenvalue weighted by Crippen LogP contribution is -2.22. The quantitative estimate of drug-likeness (QED) is 0.658. The fourth-order valence-corrected chi connectivity index (χ4v) is 2.51. The maximum Gasteiger partial charge on any atom is 0.251 e. The van der Waals surface area contributed by atoms with Gasteiger partial charge in [0.15, 0.2) is 11.5 Å². The van der Waals surface area contributed by atoms with Crippen LogP contribution in [0.15, 0.2) is 60.8 Å². The van der Waals surface area contributed by atoms with Crippen molar-refractivity contribution in [2.75, 3.05) is 7.11 Å². The Morgan fingerprint density at radius 1 is 1.12 bits per heavy atom. The van der Waals surface area contributed by atoms with Crippen molar-refractivity contribution >= 4 is 5.91 Å². The van der Waals surface area contributed by atoms with Crippen molar-refractivity contribution in [1.29, 1.82) is 0 Å². The van der Waals surface area contributed by atoms with Crippen LogP contribution in [0.2, 0.25) is 0 Å². The van der Waals surface area contributed by atoms with E-state index in [2.05, 4.69) is 10.3 Å². The van der Waals surface area contributed by atoms with Crippen molar-refractivity contribution in [3.05, 3.63) is 71.9 Å². The minimum atomic E-state index is -0.249. The van der Waals surface area contributed by atoms with Crippen LogP contribution < -0.4 is 10.1 Å². The van der Waals surface area contributed by atoms with Gasteiger partial charge in [0.05, 0.1) is 12.8 Å². The fourth-order valence-electron chi connectivity index (χ4n) is 2.51. The number of aromatic hydroxyl groups is 2. The molecule has 1 heterocycles. The molecule has 0 radical (unpaired) electrons. The van der Waals surface area contributed by atoms with Crippen LogP contribution in [0.25, 0.3) is 11.3 Å². The molecule has 3 rings (SSSR count). The Morgan fingerprint density at radius 3 is 2.73 bits per heavy atom. The predicted octanol–water partition coefficient (Wildman–Crippen LogP) is 3.10. The molecule has 3 N–H and O–H groups in total. The van der Waals surface area contributed by atoms with Crippen LogP contribution in [0.5, 0.6) is 17.2 Å². The van der Waals surface area contributed by atoms with E-state index in [1.165, 1.54) is 13.2 Å². The number of hydrogen-bond donors (Lipinski definition) is 3. The Kier molecular flexibility index (Phi) is 5.03. The molecule has 0 saturated heterocycles. The summed E-state index contributed by atoms with van der Waals surface area (Å²) in [6.45, 7) is 0.291. The van der Waals surface area contributed by atoms with Crippen molar-refractivity contribution in [1.82, 2.24) is 10.3 Å². The van der Waals surface area contributed by atoms with Gasteiger partial charge in [-0.3, -0.25) is 9.78 Å². The Morgan fingerprint density at radius 2 is 1.96 bits per heavy atom. The number of carbonyl (C=O) groups is 1. The first-order valence-corrected chi connectivity index (χ1v) is 7.96. The smallest absolute Gasteiger partial charge is 0.251 e. The molecule has 0 bridgehead atoms. The number of nitrogens with zero attached hydrogens (tertiary/aromatic N) is 1. The van der Waals surface area contributed by atoms with Crippen LogP contribution in [0.3, 0.4) is 0 Å². The largest absolute Gasteiger partial charge is 0.508 e. The summed E-state index contributed by atoms with van der Waals surface area (Å²) in [6.07, 6.45) is 1.55. The van der Waals surface area contributed by atoms with E-state index in [4.69, 9.17) is 4.74 Å². The van der Waals surface area contributed by atoms with E-state index in [1.54, 1.807) is 48.7 Å². The number of pyridine rings is 1. The second kappa shape index (κ2) is 7.57. The first-order valence-electron chi connectivity index (χ1n) is 7.96. The third-order valence-electron chi connectivity index (χ3n) is 3.86. The summed E-state index contributed by atoms with van der Waals surface area (Å²) < 4.78 is 5.06. The minimum absolute atomic E-state index is 0.0486. The topological polar surface area (TPSA) is 91.7 Å². The summed E-state index contributed by atoms with van der Waals surface area (Å²) in [6, 6.07) is 14.9. The highest BCUT2D eigenvalue weighted by molar-refractivity contribution is 5.95. The van der Waals surface area contributed by atoms with Gasteiger partial charge in [0, 0.05) is 23.9 Å². The molecule has 3 aromatic rings. The van der Waals surface area contributed by atoms with Crippen LogP contribution in [-0.2, 0) is 6.54 Å². The summed E-state index contributed by atoms with van der Waals surface area (Å²) in [4.78, 5) is 16.7. The standard InChI is InChI=1S/C20H18N2O4/c1-26-19-9-13(5-6-18(19)24)12-22-20(25)15-7-8-21-17(11-15)14-3-2-4-16(23)10-14/h2-11,23-24H,12H2,1H3,(H,22,25). The van der Waals surface area contributed by atoms with Gasteiger partial charge in [0.2, 0.25) is 0 Å². The highest BCUT2D eigenvalue weighted by Gasteiger charge is 2.09. The predicted molar refractivity (Wildman–Crippen MR) is 97.2 cm³/mol. The van der Waals surface area contributed by atoms with E-state index >= 15 is 0 Å². The zero-order valence-electron chi connectivity index (χ0n) is 14.1. The zero-order chi connectivity index (χ0) is 18.5. The van der Waals surface area contributed by atoms with Gasteiger partial charge in [-0.05, 0) is 42.0 Å². The molecule has 0 aliphatic heterocycles. The molecular weight excluding hydrogens is 332 g/mol. The molecule has 0 fully saturated rings. The minimum Gasteiger partial charge on any atom is -0.508 e. The third kappa shape index (κ3) is 3.92. The molecule has 0 aliphatic rings. The number of rotatable bonds is 5. The molecule has 26 heavy (non-hydrogen) atoms. The Balaban J connectivity index is 1.73. The lowest BCUT2D eigenvalue weighted by atomic mass is 10.1. The number of benzene rings is 2. The highest BCUT2D eigenvalue weighted by Crippen LogP contribution is 2.26. The number of phenolic OH excluding ortho intramolecular Hbond substituents is 2. The third-order valence-corrected chi connectivity index (χ3v) is 3.86. The molecular formula is C20H18N2O4. The number of hydrogen-bond acceptors (Lipinski definition) is 5. The van der Waals surface area contributed by atoms with E-state index in [-0.39, 0.29) is 17.4 Å². The number of methoxy groups -OCH3 is 1. The molecule has 0 atom stereocenters. The zero-order valence-corrected chi connectivity index (χ0v) is 14.1. The van der Waals surface area contributed by atoms with Gasteiger partial charge in [-0.1, -0.05) is 18.2 Å². The number of ether oxygens (including phenoxy) is 1. The SMILES string of the molecule is COc1cc(CNC(=O)c2ccnc(-c3cccc(O)c3)c2)ccc1O. The molecule has 1 amide bonds. The van der Waals surface area contributed by atoms with E-state index in [9.17, 15) is 15.0 Å². The molecule has 0 aliphatic carbocycles. The van der Waals surface area contributed by atoms with Crippen LogP contribution in [0.4, 0.5) is 0 Å². The van der Waals surface area contributed by atoms with E-state index in [0.29, 0.717) is 23.6 Å². The van der Waals surface area contributed by atoms with Crippen molar-refractivity contribution in [3.8, 4) is 28.5 Å². The summed E-state index contributed by atoms with van der Waals surface area (Å²) >= 11 is 0.